The zero-order valence-corrected chi connectivity index (χ0v) is 18.9. The van der Waals surface area contributed by atoms with Gasteiger partial charge in [0.15, 0.2) is 0 Å². The molecule has 0 atom stereocenters. The molecule has 6 nitrogen and oxygen atoms in total. The topological polar surface area (TPSA) is 58.4 Å². The summed E-state index contributed by atoms with van der Waals surface area (Å²) < 4.78 is 54.0. The number of benzene rings is 2. The lowest BCUT2D eigenvalue weighted by molar-refractivity contribution is -0.137. The molecular weight excluding hydrogens is 464 g/mol. The van der Waals surface area contributed by atoms with Gasteiger partial charge < -0.3 is 14.4 Å². The molecule has 1 aromatic heterocycles. The van der Waals surface area contributed by atoms with Crippen molar-refractivity contribution in [3.8, 4) is 0 Å². The van der Waals surface area contributed by atoms with Gasteiger partial charge in [0, 0.05) is 51.3 Å². The summed E-state index contributed by atoms with van der Waals surface area (Å²) in [5, 5.41) is 0. The molecule has 3 aromatic rings. The molecule has 35 heavy (non-hydrogen) atoms. The summed E-state index contributed by atoms with van der Waals surface area (Å²) in [6.07, 6.45) is -3.04. The first-order valence-electron chi connectivity index (χ1n) is 11.2. The number of hydrogen-bond acceptors (Lipinski definition) is 4. The number of hydrogen-bond donors (Lipinski definition) is 0. The summed E-state index contributed by atoms with van der Waals surface area (Å²) in [5.74, 6) is -0.476. The molecule has 0 N–H and O–H groups in total. The van der Waals surface area contributed by atoms with Gasteiger partial charge in [-0.25, -0.2) is 9.37 Å². The number of fused-ring (bicyclic) bond motifs is 1. The van der Waals surface area contributed by atoms with E-state index in [0.717, 1.165) is 17.8 Å². The highest BCUT2D eigenvalue weighted by atomic mass is 19.4. The number of rotatable bonds is 6. The van der Waals surface area contributed by atoms with Crippen LogP contribution in [0.4, 0.5) is 23.2 Å². The second-order valence-electron chi connectivity index (χ2n) is 8.31. The van der Waals surface area contributed by atoms with E-state index in [9.17, 15) is 27.2 Å². The molecule has 0 saturated carbocycles. The normalized spacial score (nSPS) is 14.4. The van der Waals surface area contributed by atoms with Crippen molar-refractivity contribution in [3.63, 3.8) is 0 Å². The van der Waals surface area contributed by atoms with E-state index in [1.54, 1.807) is 17.0 Å². The molecule has 1 amide bonds. The number of alkyl halides is 3. The summed E-state index contributed by atoms with van der Waals surface area (Å²) >= 11 is 0. The number of carbonyl (C=O) groups excluding carboxylic acids is 1. The number of amides is 1. The Labute approximate surface area is 199 Å². The molecule has 10 heteroatoms. The predicted molar refractivity (Wildman–Crippen MR) is 125 cm³/mol. The van der Waals surface area contributed by atoms with Crippen LogP contribution >= 0.6 is 0 Å². The van der Waals surface area contributed by atoms with E-state index in [-0.39, 0.29) is 47.8 Å². The van der Waals surface area contributed by atoms with Crippen molar-refractivity contribution in [1.29, 1.82) is 0 Å². The predicted octanol–water partition coefficient (Wildman–Crippen LogP) is 4.02. The molecule has 0 bridgehead atoms. The Kier molecular flexibility index (Phi) is 6.90. The number of aromatic nitrogens is 2. The van der Waals surface area contributed by atoms with E-state index in [2.05, 4.69) is 16.5 Å². The van der Waals surface area contributed by atoms with Crippen molar-refractivity contribution in [1.82, 2.24) is 14.5 Å². The minimum atomic E-state index is -4.54. The van der Waals surface area contributed by atoms with E-state index >= 15 is 0 Å². The zero-order valence-electron chi connectivity index (χ0n) is 18.9. The van der Waals surface area contributed by atoms with Crippen LogP contribution in [-0.2, 0) is 23.9 Å². The van der Waals surface area contributed by atoms with Gasteiger partial charge in [-0.15, -0.1) is 6.58 Å². The van der Waals surface area contributed by atoms with E-state index in [0.29, 0.717) is 26.2 Å². The SMILES string of the molecule is C=CCn1c(=O)c(CCC(=O)N2CCN(c3ccc(F)cc3)CC2)nc2cc(C(F)(F)F)ccc21. The van der Waals surface area contributed by atoms with Crippen LogP contribution in [0.15, 0.2) is 59.9 Å². The highest BCUT2D eigenvalue weighted by Gasteiger charge is 2.31. The van der Waals surface area contributed by atoms with Crippen molar-refractivity contribution in [2.75, 3.05) is 31.1 Å². The quantitative estimate of drug-likeness (QED) is 0.389. The fraction of sp³-hybridized carbons (Fsp3) is 0.320. The molecule has 1 fully saturated rings. The third kappa shape index (κ3) is 5.36. The fourth-order valence-corrected chi connectivity index (χ4v) is 4.20. The van der Waals surface area contributed by atoms with Crippen LogP contribution < -0.4 is 10.5 Å². The van der Waals surface area contributed by atoms with Crippen LogP contribution in [0.1, 0.15) is 17.7 Å². The maximum absolute atomic E-state index is 13.2. The van der Waals surface area contributed by atoms with Crippen molar-refractivity contribution in [2.24, 2.45) is 0 Å². The van der Waals surface area contributed by atoms with E-state index in [4.69, 9.17) is 0 Å². The van der Waals surface area contributed by atoms with Gasteiger partial charge in [0.05, 0.1) is 16.6 Å². The third-order valence-electron chi connectivity index (χ3n) is 6.05. The Bertz CT molecular complexity index is 1290. The van der Waals surface area contributed by atoms with Crippen molar-refractivity contribution in [2.45, 2.75) is 25.6 Å². The second-order valence-corrected chi connectivity index (χ2v) is 8.31. The third-order valence-corrected chi connectivity index (χ3v) is 6.05. The van der Waals surface area contributed by atoms with E-state index in [1.165, 1.54) is 28.8 Å². The lowest BCUT2D eigenvalue weighted by Crippen LogP contribution is -2.49. The Morgan fingerprint density at radius 2 is 1.74 bits per heavy atom. The summed E-state index contributed by atoms with van der Waals surface area (Å²) in [6, 6.07) is 9.21. The molecule has 2 aromatic carbocycles. The molecule has 1 aliphatic rings. The number of halogens is 4. The van der Waals surface area contributed by atoms with Gasteiger partial charge in [0.1, 0.15) is 11.5 Å². The molecule has 0 unspecified atom stereocenters. The Morgan fingerprint density at radius 1 is 1.06 bits per heavy atom. The fourth-order valence-electron chi connectivity index (χ4n) is 4.20. The van der Waals surface area contributed by atoms with Crippen LogP contribution in [-0.4, -0.2) is 46.5 Å². The van der Waals surface area contributed by atoms with Crippen LogP contribution in [0.3, 0.4) is 0 Å². The van der Waals surface area contributed by atoms with Crippen LogP contribution in [0.5, 0.6) is 0 Å². The molecule has 4 rings (SSSR count). The molecule has 0 radical (unpaired) electrons. The maximum Gasteiger partial charge on any atom is 0.416 e. The van der Waals surface area contributed by atoms with Gasteiger partial charge in [-0.05, 0) is 42.5 Å². The molecule has 0 aliphatic carbocycles. The Balaban J connectivity index is 1.47. The molecule has 1 aliphatic heterocycles. The zero-order chi connectivity index (χ0) is 25.2. The number of anilines is 1. The number of nitrogens with zero attached hydrogens (tertiary/aromatic N) is 4. The summed E-state index contributed by atoms with van der Waals surface area (Å²) in [5.41, 5.74) is -0.0863. The smallest absolute Gasteiger partial charge is 0.368 e. The van der Waals surface area contributed by atoms with Crippen LogP contribution in [0, 0.1) is 5.82 Å². The monoisotopic (exact) mass is 488 g/mol. The second kappa shape index (κ2) is 9.89. The number of allylic oxidation sites excluding steroid dienone is 1. The Hall–Kier alpha value is -3.69. The van der Waals surface area contributed by atoms with Gasteiger partial charge >= 0.3 is 6.18 Å². The first-order chi connectivity index (χ1) is 16.7. The van der Waals surface area contributed by atoms with Crippen molar-refractivity contribution < 1.29 is 22.4 Å². The van der Waals surface area contributed by atoms with E-state index in [1.807, 2.05) is 0 Å². The first-order valence-corrected chi connectivity index (χ1v) is 11.2. The van der Waals surface area contributed by atoms with Gasteiger partial charge in [0.2, 0.25) is 5.91 Å². The highest BCUT2D eigenvalue weighted by Crippen LogP contribution is 2.31. The summed E-state index contributed by atoms with van der Waals surface area (Å²) in [7, 11) is 0. The standard InChI is InChI=1S/C25H24F4N4O2/c1-2-11-33-22-9-3-17(25(27,28)29)16-21(22)30-20(24(33)35)8-10-23(34)32-14-12-31(13-15-32)19-6-4-18(26)5-7-19/h2-7,9,16H,1,8,10-15H2. The van der Waals surface area contributed by atoms with Gasteiger partial charge in [-0.1, -0.05) is 6.08 Å². The lowest BCUT2D eigenvalue weighted by Gasteiger charge is -2.36. The molecule has 0 spiro atoms. The minimum Gasteiger partial charge on any atom is -0.368 e. The average Bonchev–Trinajstić information content (AvgIpc) is 2.84. The maximum atomic E-state index is 13.2. The van der Waals surface area contributed by atoms with Gasteiger partial charge in [-0.2, -0.15) is 13.2 Å². The number of carbonyl (C=O) groups is 1. The molecular formula is C25H24F4N4O2. The van der Waals surface area contributed by atoms with Gasteiger partial charge in [-0.3, -0.25) is 9.59 Å². The van der Waals surface area contributed by atoms with Crippen LogP contribution in [0.2, 0.25) is 0 Å². The van der Waals surface area contributed by atoms with Crippen molar-refractivity contribution >= 4 is 22.6 Å². The molecule has 2 heterocycles. The summed E-state index contributed by atoms with van der Waals surface area (Å²) in [4.78, 5) is 33.7. The minimum absolute atomic E-state index is 0.0113. The van der Waals surface area contributed by atoms with E-state index < -0.39 is 17.3 Å². The number of piperazine rings is 1. The van der Waals surface area contributed by atoms with Gasteiger partial charge in [0.25, 0.3) is 5.56 Å². The molecule has 184 valence electrons. The highest BCUT2D eigenvalue weighted by molar-refractivity contribution is 5.78. The van der Waals surface area contributed by atoms with Crippen molar-refractivity contribution in [3.05, 3.63) is 82.5 Å². The lowest BCUT2D eigenvalue weighted by atomic mass is 10.1. The van der Waals surface area contributed by atoms with Crippen LogP contribution in [0.25, 0.3) is 11.0 Å². The largest absolute Gasteiger partial charge is 0.416 e. The number of aryl methyl sites for hydroxylation is 1. The average molecular weight is 488 g/mol. The summed E-state index contributed by atoms with van der Waals surface area (Å²) in [6.45, 7) is 5.82. The first kappa shape index (κ1) is 24.4. The molecule has 1 saturated heterocycles. The Morgan fingerprint density at radius 3 is 2.37 bits per heavy atom.